The molecule has 4 N–H and O–H groups in total. The molecule has 0 aliphatic rings. The number of aliphatic imine (C=N–C) groups is 1. The Morgan fingerprint density at radius 1 is 1.07 bits per heavy atom. The normalized spacial score (nSPS) is 12.5. The summed E-state index contributed by atoms with van der Waals surface area (Å²) in [6, 6.07) is 14.5. The molecule has 0 saturated heterocycles. The number of primary sulfonamides is 1. The van der Waals surface area contributed by atoms with E-state index in [-0.39, 0.29) is 10.5 Å². The fourth-order valence-corrected chi connectivity index (χ4v) is 3.17. The zero-order valence-corrected chi connectivity index (χ0v) is 18.2. The van der Waals surface area contributed by atoms with Crippen molar-refractivity contribution in [2.24, 2.45) is 10.1 Å². The van der Waals surface area contributed by atoms with Crippen LogP contribution in [0.25, 0.3) is 0 Å². The summed E-state index contributed by atoms with van der Waals surface area (Å²) in [5.41, 5.74) is 1.78. The van der Waals surface area contributed by atoms with Crippen molar-refractivity contribution >= 4 is 16.0 Å². The lowest BCUT2D eigenvalue weighted by Crippen LogP contribution is -2.38. The van der Waals surface area contributed by atoms with Crippen molar-refractivity contribution in [2.75, 3.05) is 13.6 Å². The highest BCUT2D eigenvalue weighted by molar-refractivity contribution is 7.89. The minimum atomic E-state index is -3.66. The van der Waals surface area contributed by atoms with E-state index in [0.29, 0.717) is 19.0 Å². The number of benzene rings is 2. The molecule has 2 aromatic rings. The number of nitrogens with two attached hydrogens (primary N) is 1. The van der Waals surface area contributed by atoms with Gasteiger partial charge in [-0.15, -0.1) is 0 Å². The van der Waals surface area contributed by atoms with Gasteiger partial charge in [0.2, 0.25) is 10.0 Å². The van der Waals surface area contributed by atoms with Gasteiger partial charge in [-0.25, -0.2) is 13.6 Å². The summed E-state index contributed by atoms with van der Waals surface area (Å²) in [4.78, 5) is 4.36. The first-order valence-corrected chi connectivity index (χ1v) is 11.0. The quantitative estimate of drug-likeness (QED) is 0.473. The van der Waals surface area contributed by atoms with Crippen LogP contribution >= 0.6 is 0 Å². The van der Waals surface area contributed by atoms with E-state index in [0.717, 1.165) is 23.3 Å². The number of ether oxygens (including phenoxy) is 1. The standard InChI is InChI=1S/C21H30N4O3S/c1-21(2,3)28-19-8-6-5-7-17(19)15-25-20(23-4)24-14-13-16-9-11-18(12-10-16)29(22,26)27/h5-12H,13-15H2,1-4H3,(H2,22,26,27)(H2,23,24,25). The first-order valence-electron chi connectivity index (χ1n) is 9.42. The van der Waals surface area contributed by atoms with Gasteiger partial charge in [0.25, 0.3) is 0 Å². The second-order valence-electron chi connectivity index (χ2n) is 7.61. The number of rotatable bonds is 7. The average Bonchev–Trinajstić information content (AvgIpc) is 2.64. The van der Waals surface area contributed by atoms with E-state index in [9.17, 15) is 8.42 Å². The third kappa shape index (κ3) is 7.75. The first kappa shape index (κ1) is 22.7. The van der Waals surface area contributed by atoms with E-state index >= 15 is 0 Å². The van der Waals surface area contributed by atoms with Crippen LogP contribution in [0.5, 0.6) is 5.75 Å². The smallest absolute Gasteiger partial charge is 0.238 e. The van der Waals surface area contributed by atoms with Crippen molar-refractivity contribution in [1.82, 2.24) is 10.6 Å². The van der Waals surface area contributed by atoms with Crippen LogP contribution in [0.2, 0.25) is 0 Å². The number of hydrogen-bond acceptors (Lipinski definition) is 4. The molecule has 2 aromatic carbocycles. The van der Waals surface area contributed by atoms with Crippen LogP contribution in [0, 0.1) is 0 Å². The van der Waals surface area contributed by atoms with Gasteiger partial charge in [0.15, 0.2) is 5.96 Å². The molecule has 2 rings (SSSR count). The Bertz CT molecular complexity index is 933. The van der Waals surface area contributed by atoms with Crippen molar-refractivity contribution < 1.29 is 13.2 Å². The maximum atomic E-state index is 11.3. The predicted octanol–water partition coefficient (Wildman–Crippen LogP) is 2.42. The van der Waals surface area contributed by atoms with E-state index in [4.69, 9.17) is 9.88 Å². The lowest BCUT2D eigenvalue weighted by molar-refractivity contribution is 0.129. The summed E-state index contributed by atoms with van der Waals surface area (Å²) in [7, 11) is -1.95. The van der Waals surface area contributed by atoms with Crippen LogP contribution in [-0.2, 0) is 23.0 Å². The second-order valence-corrected chi connectivity index (χ2v) is 9.18. The van der Waals surface area contributed by atoms with Crippen LogP contribution in [0.1, 0.15) is 31.9 Å². The number of hydrogen-bond donors (Lipinski definition) is 3. The molecule has 0 amide bonds. The molecule has 0 aliphatic carbocycles. The summed E-state index contributed by atoms with van der Waals surface area (Å²) in [5, 5.41) is 11.7. The molecule has 0 atom stereocenters. The summed E-state index contributed by atoms with van der Waals surface area (Å²) in [5.74, 6) is 1.52. The van der Waals surface area contributed by atoms with Gasteiger partial charge in [0.1, 0.15) is 11.4 Å². The van der Waals surface area contributed by atoms with E-state index < -0.39 is 10.0 Å². The highest BCUT2D eigenvalue weighted by Crippen LogP contribution is 2.22. The van der Waals surface area contributed by atoms with Crippen molar-refractivity contribution in [3.05, 3.63) is 59.7 Å². The summed E-state index contributed by atoms with van der Waals surface area (Å²) < 4.78 is 28.6. The molecule has 0 spiro atoms. The van der Waals surface area contributed by atoms with Crippen molar-refractivity contribution in [2.45, 2.75) is 44.2 Å². The largest absolute Gasteiger partial charge is 0.488 e. The highest BCUT2D eigenvalue weighted by atomic mass is 32.2. The van der Waals surface area contributed by atoms with Gasteiger partial charge < -0.3 is 15.4 Å². The first-order chi connectivity index (χ1) is 13.6. The molecule has 0 heterocycles. The maximum Gasteiger partial charge on any atom is 0.238 e. The Kier molecular flexibility index (Phi) is 7.64. The minimum absolute atomic E-state index is 0.114. The van der Waals surface area contributed by atoms with E-state index in [2.05, 4.69) is 15.6 Å². The van der Waals surface area contributed by atoms with Gasteiger partial charge in [0.05, 0.1) is 4.90 Å². The van der Waals surface area contributed by atoms with Gasteiger partial charge >= 0.3 is 0 Å². The van der Waals surface area contributed by atoms with Crippen molar-refractivity contribution in [1.29, 1.82) is 0 Å². The Hall–Kier alpha value is -2.58. The van der Waals surface area contributed by atoms with Crippen molar-refractivity contribution in [3.63, 3.8) is 0 Å². The molecule has 158 valence electrons. The molecule has 8 heteroatoms. The number of para-hydroxylation sites is 1. The van der Waals surface area contributed by atoms with Crippen LogP contribution in [-0.4, -0.2) is 33.6 Å². The monoisotopic (exact) mass is 418 g/mol. The Morgan fingerprint density at radius 3 is 2.31 bits per heavy atom. The third-order valence-corrected chi connectivity index (χ3v) is 4.95. The molecule has 0 bridgehead atoms. The SMILES string of the molecule is CN=C(NCCc1ccc(S(N)(=O)=O)cc1)NCc1ccccc1OC(C)(C)C. The molecule has 7 nitrogen and oxygen atoms in total. The summed E-state index contributed by atoms with van der Waals surface area (Å²) >= 11 is 0. The predicted molar refractivity (Wildman–Crippen MR) is 117 cm³/mol. The average molecular weight is 419 g/mol. The lowest BCUT2D eigenvalue weighted by atomic mass is 10.1. The molecule has 0 fully saturated rings. The number of sulfonamides is 1. The highest BCUT2D eigenvalue weighted by Gasteiger charge is 2.14. The van der Waals surface area contributed by atoms with Crippen molar-refractivity contribution in [3.8, 4) is 5.75 Å². The fourth-order valence-electron chi connectivity index (χ4n) is 2.65. The Morgan fingerprint density at radius 2 is 1.72 bits per heavy atom. The van der Waals surface area contributed by atoms with Crippen LogP contribution in [0.4, 0.5) is 0 Å². The molecule has 0 aromatic heterocycles. The molecular weight excluding hydrogens is 388 g/mol. The van der Waals surface area contributed by atoms with Crippen LogP contribution in [0.15, 0.2) is 58.4 Å². The van der Waals surface area contributed by atoms with Gasteiger partial charge in [-0.1, -0.05) is 30.3 Å². The van der Waals surface area contributed by atoms with Gasteiger partial charge in [-0.05, 0) is 51.0 Å². The van der Waals surface area contributed by atoms with Gasteiger partial charge in [-0.2, -0.15) is 0 Å². The molecule has 0 aliphatic heterocycles. The van der Waals surface area contributed by atoms with Gasteiger partial charge in [-0.3, -0.25) is 4.99 Å². The third-order valence-electron chi connectivity index (χ3n) is 4.02. The van der Waals surface area contributed by atoms with E-state index in [1.807, 2.05) is 45.0 Å². The number of guanidine groups is 1. The van der Waals surface area contributed by atoms with E-state index in [1.165, 1.54) is 12.1 Å². The summed E-state index contributed by atoms with van der Waals surface area (Å²) in [6.45, 7) is 7.29. The maximum absolute atomic E-state index is 11.3. The lowest BCUT2D eigenvalue weighted by Gasteiger charge is -2.23. The molecule has 0 radical (unpaired) electrons. The number of nitrogens with one attached hydrogen (secondary N) is 2. The Balaban J connectivity index is 1.88. The zero-order valence-electron chi connectivity index (χ0n) is 17.4. The zero-order chi connectivity index (χ0) is 21.5. The van der Waals surface area contributed by atoms with Crippen LogP contribution < -0.4 is 20.5 Å². The molecule has 0 unspecified atom stereocenters. The second kappa shape index (κ2) is 9.76. The Labute approximate surface area is 173 Å². The summed E-state index contributed by atoms with van der Waals surface area (Å²) in [6.07, 6.45) is 0.718. The molecular formula is C21H30N4O3S. The van der Waals surface area contributed by atoms with Gasteiger partial charge in [0, 0.05) is 25.7 Å². The van der Waals surface area contributed by atoms with Crippen LogP contribution in [0.3, 0.4) is 0 Å². The minimum Gasteiger partial charge on any atom is -0.488 e. The topological polar surface area (TPSA) is 106 Å². The molecule has 0 saturated carbocycles. The number of nitrogens with zero attached hydrogens (tertiary/aromatic N) is 1. The van der Waals surface area contributed by atoms with E-state index in [1.54, 1.807) is 19.2 Å². The fraction of sp³-hybridized carbons (Fsp3) is 0.381. The molecule has 29 heavy (non-hydrogen) atoms.